The summed E-state index contributed by atoms with van der Waals surface area (Å²) < 4.78 is 2.88. The molecule has 0 radical (unpaired) electrons. The van der Waals surface area contributed by atoms with Gasteiger partial charge in [-0.05, 0) is 0 Å². The van der Waals surface area contributed by atoms with Crippen molar-refractivity contribution >= 4 is 11.8 Å². The summed E-state index contributed by atoms with van der Waals surface area (Å²) in [5.74, 6) is 0. The third kappa shape index (κ3) is 1.67. The van der Waals surface area contributed by atoms with E-state index in [0.29, 0.717) is 23.1 Å². The van der Waals surface area contributed by atoms with Crippen LogP contribution in [0.5, 0.6) is 0 Å². The minimum atomic E-state index is -0.237. The second-order valence-corrected chi connectivity index (χ2v) is 4.25. The number of carbonyl (C=O) groups is 1. The predicted molar refractivity (Wildman–Crippen MR) is 71.3 cm³/mol. The maximum atomic E-state index is 12.1. The number of aryl methyl sites for hydroxylation is 1. The first-order valence-electron chi connectivity index (χ1n) is 5.81. The van der Waals surface area contributed by atoms with Gasteiger partial charge in [0.1, 0.15) is 11.2 Å². The predicted octanol–water partition coefficient (Wildman–Crippen LogP) is 1.51. The molecule has 3 aromatic rings. The highest BCUT2D eigenvalue weighted by atomic mass is 16.1. The minimum absolute atomic E-state index is 0.237. The molecule has 0 unspecified atom stereocenters. The standard InChI is InChI=1S/C14H11N3O2/c1-16-7-8-17-13(14(16)19)11(9-18)12(15-17)10-5-3-2-4-6-10/h2-9H,1H3. The fourth-order valence-corrected chi connectivity index (χ4v) is 2.09. The van der Waals surface area contributed by atoms with E-state index in [1.54, 1.807) is 19.4 Å². The van der Waals surface area contributed by atoms with E-state index in [2.05, 4.69) is 5.10 Å². The third-order valence-electron chi connectivity index (χ3n) is 3.07. The molecule has 1 aromatic carbocycles. The van der Waals surface area contributed by atoms with Crippen LogP contribution in [0.4, 0.5) is 0 Å². The van der Waals surface area contributed by atoms with Crippen LogP contribution in [-0.2, 0) is 7.05 Å². The van der Waals surface area contributed by atoms with Gasteiger partial charge >= 0.3 is 0 Å². The lowest BCUT2D eigenvalue weighted by molar-refractivity contribution is 0.112. The maximum absolute atomic E-state index is 12.1. The monoisotopic (exact) mass is 253 g/mol. The fourth-order valence-electron chi connectivity index (χ4n) is 2.09. The van der Waals surface area contributed by atoms with Gasteiger partial charge in [0.25, 0.3) is 5.56 Å². The molecule has 0 bridgehead atoms. The van der Waals surface area contributed by atoms with Crippen LogP contribution in [0, 0.1) is 0 Å². The highest BCUT2D eigenvalue weighted by Gasteiger charge is 2.16. The van der Waals surface area contributed by atoms with Crippen LogP contribution in [-0.4, -0.2) is 20.5 Å². The van der Waals surface area contributed by atoms with E-state index in [9.17, 15) is 9.59 Å². The van der Waals surface area contributed by atoms with Crippen LogP contribution in [0.15, 0.2) is 47.5 Å². The Balaban J connectivity index is 2.42. The number of rotatable bonds is 2. The van der Waals surface area contributed by atoms with Crippen molar-refractivity contribution < 1.29 is 4.79 Å². The number of aromatic nitrogens is 3. The first-order valence-corrected chi connectivity index (χ1v) is 5.81. The van der Waals surface area contributed by atoms with Crippen LogP contribution >= 0.6 is 0 Å². The van der Waals surface area contributed by atoms with Crippen molar-refractivity contribution in [3.63, 3.8) is 0 Å². The Labute approximate surface area is 108 Å². The van der Waals surface area contributed by atoms with Gasteiger partial charge in [-0.3, -0.25) is 9.59 Å². The second kappa shape index (κ2) is 4.20. The van der Waals surface area contributed by atoms with E-state index < -0.39 is 0 Å². The Morgan fingerprint density at radius 2 is 1.89 bits per heavy atom. The molecule has 0 aliphatic carbocycles. The second-order valence-electron chi connectivity index (χ2n) is 4.25. The zero-order valence-corrected chi connectivity index (χ0v) is 10.3. The molecule has 0 amide bonds. The normalized spacial score (nSPS) is 10.8. The molecule has 3 rings (SSSR count). The molecule has 0 N–H and O–H groups in total. The lowest BCUT2D eigenvalue weighted by Crippen LogP contribution is -2.18. The molecular weight excluding hydrogens is 242 g/mol. The van der Waals surface area contributed by atoms with Gasteiger partial charge in [-0.1, -0.05) is 30.3 Å². The summed E-state index contributed by atoms with van der Waals surface area (Å²) >= 11 is 0. The van der Waals surface area contributed by atoms with Gasteiger partial charge in [0.05, 0.1) is 5.56 Å². The Bertz CT molecular complexity index is 816. The first-order chi connectivity index (χ1) is 9.22. The van der Waals surface area contributed by atoms with Crippen LogP contribution in [0.1, 0.15) is 10.4 Å². The van der Waals surface area contributed by atoms with Gasteiger partial charge in [0, 0.05) is 25.0 Å². The van der Waals surface area contributed by atoms with Gasteiger partial charge < -0.3 is 4.57 Å². The van der Waals surface area contributed by atoms with E-state index in [0.717, 1.165) is 5.56 Å². The largest absolute Gasteiger partial charge is 0.315 e. The molecule has 0 saturated carbocycles. The van der Waals surface area contributed by atoms with Crippen molar-refractivity contribution in [2.75, 3.05) is 0 Å². The highest BCUT2D eigenvalue weighted by Crippen LogP contribution is 2.22. The van der Waals surface area contributed by atoms with Crippen molar-refractivity contribution in [2.24, 2.45) is 7.05 Å². The Kier molecular flexibility index (Phi) is 2.52. The van der Waals surface area contributed by atoms with Crippen molar-refractivity contribution in [1.29, 1.82) is 0 Å². The van der Waals surface area contributed by atoms with Gasteiger partial charge in [-0.25, -0.2) is 4.52 Å². The smallest absolute Gasteiger partial charge is 0.277 e. The van der Waals surface area contributed by atoms with Crippen LogP contribution < -0.4 is 5.56 Å². The molecule has 0 saturated heterocycles. The van der Waals surface area contributed by atoms with Crippen molar-refractivity contribution in [3.8, 4) is 11.3 Å². The zero-order chi connectivity index (χ0) is 13.4. The number of nitrogens with zero attached hydrogens (tertiary/aromatic N) is 3. The van der Waals surface area contributed by atoms with Crippen molar-refractivity contribution in [1.82, 2.24) is 14.2 Å². The summed E-state index contributed by atoms with van der Waals surface area (Å²) in [5.41, 5.74) is 1.74. The quantitative estimate of drug-likeness (QED) is 0.650. The molecule has 0 spiro atoms. The number of aldehydes is 1. The average molecular weight is 253 g/mol. The molecule has 5 nitrogen and oxygen atoms in total. The zero-order valence-electron chi connectivity index (χ0n) is 10.3. The summed E-state index contributed by atoms with van der Waals surface area (Å²) in [5, 5.41) is 4.33. The molecule has 0 atom stereocenters. The number of benzene rings is 1. The summed E-state index contributed by atoms with van der Waals surface area (Å²) in [6.07, 6.45) is 3.97. The van der Waals surface area contributed by atoms with E-state index in [-0.39, 0.29) is 5.56 Å². The van der Waals surface area contributed by atoms with Gasteiger partial charge in [-0.2, -0.15) is 5.10 Å². The molecule has 0 aliphatic heterocycles. The summed E-state index contributed by atoms with van der Waals surface area (Å²) in [4.78, 5) is 23.4. The Morgan fingerprint density at radius 1 is 1.16 bits per heavy atom. The molecule has 0 aliphatic rings. The molecule has 2 aromatic heterocycles. The highest BCUT2D eigenvalue weighted by molar-refractivity contribution is 5.94. The van der Waals surface area contributed by atoms with Crippen molar-refractivity contribution in [3.05, 3.63) is 58.6 Å². The van der Waals surface area contributed by atoms with Gasteiger partial charge in [0.2, 0.25) is 0 Å². The van der Waals surface area contributed by atoms with Crippen LogP contribution in [0.3, 0.4) is 0 Å². The number of carbonyl (C=O) groups excluding carboxylic acids is 1. The summed E-state index contributed by atoms with van der Waals surface area (Å²) in [6, 6.07) is 9.34. The minimum Gasteiger partial charge on any atom is -0.315 e. The van der Waals surface area contributed by atoms with Crippen molar-refractivity contribution in [2.45, 2.75) is 0 Å². The lowest BCUT2D eigenvalue weighted by atomic mass is 10.1. The SMILES string of the molecule is Cn1ccn2nc(-c3ccccc3)c(C=O)c2c1=O. The number of hydrogen-bond donors (Lipinski definition) is 0. The van der Waals surface area contributed by atoms with Gasteiger partial charge in [0.15, 0.2) is 6.29 Å². The fraction of sp³-hybridized carbons (Fsp3) is 0.0714. The topological polar surface area (TPSA) is 56.4 Å². The first kappa shape index (κ1) is 11.4. The average Bonchev–Trinajstić information content (AvgIpc) is 2.83. The Hall–Kier alpha value is -2.69. The molecule has 0 fully saturated rings. The third-order valence-corrected chi connectivity index (χ3v) is 3.07. The van der Waals surface area contributed by atoms with E-state index in [1.165, 1.54) is 9.08 Å². The molecular formula is C14H11N3O2. The maximum Gasteiger partial charge on any atom is 0.277 e. The van der Waals surface area contributed by atoms with Crippen LogP contribution in [0.2, 0.25) is 0 Å². The number of fused-ring (bicyclic) bond motifs is 1. The van der Waals surface area contributed by atoms with Crippen LogP contribution in [0.25, 0.3) is 16.8 Å². The molecule has 94 valence electrons. The molecule has 19 heavy (non-hydrogen) atoms. The van der Waals surface area contributed by atoms with E-state index in [4.69, 9.17) is 0 Å². The van der Waals surface area contributed by atoms with E-state index in [1.807, 2.05) is 30.3 Å². The molecule has 5 heteroatoms. The molecule has 2 heterocycles. The lowest BCUT2D eigenvalue weighted by Gasteiger charge is -1.97. The van der Waals surface area contributed by atoms with E-state index >= 15 is 0 Å². The Morgan fingerprint density at radius 3 is 2.58 bits per heavy atom. The summed E-state index contributed by atoms with van der Waals surface area (Å²) in [6.45, 7) is 0. The van der Waals surface area contributed by atoms with Gasteiger partial charge in [-0.15, -0.1) is 0 Å². The summed E-state index contributed by atoms with van der Waals surface area (Å²) in [7, 11) is 1.64. The number of hydrogen-bond acceptors (Lipinski definition) is 3.